The smallest absolute Gasteiger partial charge is 0.259 e. The van der Waals surface area contributed by atoms with Gasteiger partial charge in [0.2, 0.25) is 5.88 Å². The molecule has 1 saturated heterocycles. The summed E-state index contributed by atoms with van der Waals surface area (Å²) in [5, 5.41) is 9.44. The third kappa shape index (κ3) is 2.79. The molecule has 2 rings (SSSR count). The quantitative estimate of drug-likeness (QED) is 0.872. The highest BCUT2D eigenvalue weighted by molar-refractivity contribution is 5.96. The maximum atomic E-state index is 12.3. The van der Waals surface area contributed by atoms with Crippen LogP contribution in [0, 0.1) is 0 Å². The number of rotatable bonds is 3. The molecular formula is C13H18N2O3. The Kier molecular flexibility index (Phi) is 4.15. The van der Waals surface area contributed by atoms with Crippen LogP contribution >= 0.6 is 0 Å². The zero-order chi connectivity index (χ0) is 13.0. The number of ether oxygens (including phenoxy) is 1. The highest BCUT2D eigenvalue weighted by Gasteiger charge is 2.24. The van der Waals surface area contributed by atoms with Crippen molar-refractivity contribution < 1.29 is 14.6 Å². The van der Waals surface area contributed by atoms with Gasteiger partial charge in [-0.05, 0) is 31.9 Å². The van der Waals surface area contributed by atoms with Crippen molar-refractivity contribution in [1.29, 1.82) is 0 Å². The van der Waals surface area contributed by atoms with E-state index < -0.39 is 0 Å². The van der Waals surface area contributed by atoms with Crippen molar-refractivity contribution in [2.45, 2.75) is 25.9 Å². The van der Waals surface area contributed by atoms with Crippen LogP contribution in [-0.4, -0.2) is 46.7 Å². The standard InChI is InChI=1S/C13H18N2O3/c1-2-18-12-11(4-3-7-14-12)13(17)15-8-5-10(16)6-9-15/h3-4,7,10,16H,2,5-6,8-9H2,1H3. The molecule has 0 unspecified atom stereocenters. The number of carbonyl (C=O) groups excluding carboxylic acids is 1. The van der Waals surface area contributed by atoms with Crippen molar-refractivity contribution >= 4 is 5.91 Å². The van der Waals surface area contributed by atoms with Crippen molar-refractivity contribution in [2.24, 2.45) is 0 Å². The molecule has 1 aliphatic heterocycles. The molecule has 0 bridgehead atoms. The fourth-order valence-corrected chi connectivity index (χ4v) is 2.04. The Hall–Kier alpha value is -1.62. The lowest BCUT2D eigenvalue weighted by molar-refractivity contribution is 0.0542. The second-order valence-corrected chi connectivity index (χ2v) is 4.31. The van der Waals surface area contributed by atoms with E-state index in [2.05, 4.69) is 4.98 Å². The first-order valence-corrected chi connectivity index (χ1v) is 6.27. The number of hydrogen-bond donors (Lipinski definition) is 1. The van der Waals surface area contributed by atoms with Crippen molar-refractivity contribution in [3.63, 3.8) is 0 Å². The van der Waals surface area contributed by atoms with Gasteiger partial charge in [0.05, 0.1) is 12.7 Å². The first-order chi connectivity index (χ1) is 8.72. The van der Waals surface area contributed by atoms with E-state index in [0.29, 0.717) is 44.0 Å². The molecule has 18 heavy (non-hydrogen) atoms. The molecule has 0 atom stereocenters. The van der Waals surface area contributed by atoms with Gasteiger partial charge in [-0.25, -0.2) is 4.98 Å². The Morgan fingerprint density at radius 2 is 2.28 bits per heavy atom. The molecule has 0 aliphatic carbocycles. The van der Waals surface area contributed by atoms with Crippen LogP contribution in [0.15, 0.2) is 18.3 Å². The van der Waals surface area contributed by atoms with E-state index in [1.807, 2.05) is 6.92 Å². The minimum atomic E-state index is -0.283. The molecule has 1 amide bonds. The normalized spacial score (nSPS) is 16.7. The van der Waals surface area contributed by atoms with Crippen LogP contribution in [-0.2, 0) is 0 Å². The van der Waals surface area contributed by atoms with E-state index in [1.54, 1.807) is 23.2 Å². The summed E-state index contributed by atoms with van der Waals surface area (Å²) < 4.78 is 5.36. The lowest BCUT2D eigenvalue weighted by Crippen LogP contribution is -2.40. The van der Waals surface area contributed by atoms with Crippen LogP contribution in [0.2, 0.25) is 0 Å². The number of amides is 1. The average molecular weight is 250 g/mol. The van der Waals surface area contributed by atoms with E-state index in [-0.39, 0.29) is 12.0 Å². The van der Waals surface area contributed by atoms with Gasteiger partial charge in [-0.2, -0.15) is 0 Å². The lowest BCUT2D eigenvalue weighted by atomic mass is 10.1. The van der Waals surface area contributed by atoms with Gasteiger partial charge in [0.15, 0.2) is 0 Å². The summed E-state index contributed by atoms with van der Waals surface area (Å²) >= 11 is 0. The summed E-state index contributed by atoms with van der Waals surface area (Å²) in [5.41, 5.74) is 0.496. The van der Waals surface area contributed by atoms with E-state index in [0.717, 1.165) is 0 Å². The number of pyridine rings is 1. The number of aliphatic hydroxyl groups is 1. The molecule has 0 radical (unpaired) electrons. The Morgan fingerprint density at radius 3 is 2.94 bits per heavy atom. The summed E-state index contributed by atoms with van der Waals surface area (Å²) in [5.74, 6) is 0.314. The predicted octanol–water partition coefficient (Wildman–Crippen LogP) is 1.08. The topological polar surface area (TPSA) is 62.7 Å². The molecular weight excluding hydrogens is 232 g/mol. The lowest BCUT2D eigenvalue weighted by Gasteiger charge is -2.29. The summed E-state index contributed by atoms with van der Waals surface area (Å²) in [6.45, 7) is 3.51. The van der Waals surface area contributed by atoms with E-state index in [4.69, 9.17) is 4.74 Å². The van der Waals surface area contributed by atoms with Crippen LogP contribution in [0.3, 0.4) is 0 Å². The van der Waals surface area contributed by atoms with Crippen molar-refractivity contribution in [3.8, 4) is 5.88 Å². The van der Waals surface area contributed by atoms with Crippen molar-refractivity contribution in [2.75, 3.05) is 19.7 Å². The predicted molar refractivity (Wildman–Crippen MR) is 66.6 cm³/mol. The maximum Gasteiger partial charge on any atom is 0.259 e. The third-order valence-corrected chi connectivity index (χ3v) is 3.03. The molecule has 5 nitrogen and oxygen atoms in total. The van der Waals surface area contributed by atoms with Gasteiger partial charge in [0.25, 0.3) is 5.91 Å². The number of piperidine rings is 1. The monoisotopic (exact) mass is 250 g/mol. The third-order valence-electron chi connectivity index (χ3n) is 3.03. The highest BCUT2D eigenvalue weighted by atomic mass is 16.5. The minimum absolute atomic E-state index is 0.0709. The average Bonchev–Trinajstić information content (AvgIpc) is 2.40. The number of nitrogens with zero attached hydrogens (tertiary/aromatic N) is 2. The molecule has 1 fully saturated rings. The first kappa shape index (κ1) is 12.8. The molecule has 0 spiro atoms. The number of aliphatic hydroxyl groups excluding tert-OH is 1. The van der Waals surface area contributed by atoms with Crippen LogP contribution in [0.5, 0.6) is 5.88 Å². The van der Waals surface area contributed by atoms with Gasteiger partial charge in [-0.3, -0.25) is 4.79 Å². The second kappa shape index (κ2) is 5.82. The van der Waals surface area contributed by atoms with Gasteiger partial charge < -0.3 is 14.7 Å². The molecule has 5 heteroatoms. The van der Waals surface area contributed by atoms with Crippen molar-refractivity contribution in [1.82, 2.24) is 9.88 Å². The number of likely N-dealkylation sites (tertiary alicyclic amines) is 1. The summed E-state index contributed by atoms with van der Waals surface area (Å²) in [6, 6.07) is 3.46. The largest absolute Gasteiger partial charge is 0.477 e. The molecule has 2 heterocycles. The van der Waals surface area contributed by atoms with Crippen LogP contribution in [0.1, 0.15) is 30.1 Å². The van der Waals surface area contributed by atoms with Crippen LogP contribution in [0.4, 0.5) is 0 Å². The maximum absolute atomic E-state index is 12.3. The summed E-state index contributed by atoms with van der Waals surface area (Å²) in [6.07, 6.45) is 2.60. The number of carbonyl (C=O) groups is 1. The van der Waals surface area contributed by atoms with Crippen molar-refractivity contribution in [3.05, 3.63) is 23.9 Å². The Morgan fingerprint density at radius 1 is 1.56 bits per heavy atom. The van der Waals surface area contributed by atoms with E-state index >= 15 is 0 Å². The minimum Gasteiger partial charge on any atom is -0.477 e. The molecule has 1 aliphatic rings. The van der Waals surface area contributed by atoms with Crippen LogP contribution in [0.25, 0.3) is 0 Å². The van der Waals surface area contributed by atoms with E-state index in [1.165, 1.54) is 0 Å². The highest BCUT2D eigenvalue weighted by Crippen LogP contribution is 2.19. The number of hydrogen-bond acceptors (Lipinski definition) is 4. The molecule has 98 valence electrons. The Bertz CT molecular complexity index is 414. The Balaban J connectivity index is 2.13. The van der Waals surface area contributed by atoms with Crippen LogP contribution < -0.4 is 4.74 Å². The van der Waals surface area contributed by atoms with Gasteiger partial charge in [0, 0.05) is 19.3 Å². The molecule has 1 N–H and O–H groups in total. The second-order valence-electron chi connectivity index (χ2n) is 4.31. The molecule has 1 aromatic rings. The first-order valence-electron chi connectivity index (χ1n) is 6.27. The zero-order valence-electron chi connectivity index (χ0n) is 10.5. The zero-order valence-corrected chi connectivity index (χ0v) is 10.5. The summed E-state index contributed by atoms with van der Waals surface area (Å²) in [7, 11) is 0. The molecule has 0 saturated carbocycles. The number of aromatic nitrogens is 1. The van der Waals surface area contributed by atoms with Gasteiger partial charge >= 0.3 is 0 Å². The van der Waals surface area contributed by atoms with E-state index in [9.17, 15) is 9.90 Å². The van der Waals surface area contributed by atoms with Gasteiger partial charge in [-0.15, -0.1) is 0 Å². The Labute approximate surface area is 106 Å². The SMILES string of the molecule is CCOc1ncccc1C(=O)N1CCC(O)CC1. The van der Waals surface area contributed by atoms with Gasteiger partial charge in [-0.1, -0.05) is 0 Å². The summed E-state index contributed by atoms with van der Waals surface area (Å²) in [4.78, 5) is 18.1. The molecule has 0 aromatic carbocycles. The molecule has 1 aromatic heterocycles. The van der Waals surface area contributed by atoms with Gasteiger partial charge in [0.1, 0.15) is 5.56 Å². The fourth-order valence-electron chi connectivity index (χ4n) is 2.04. The fraction of sp³-hybridized carbons (Fsp3) is 0.538.